The second kappa shape index (κ2) is 38.5. The Morgan fingerprint density at radius 3 is 1.44 bits per heavy atom. The number of phosphoric ester groups is 1. The Balaban J connectivity index is 3.99. The number of phosphoric acid groups is 1. The molecule has 300 valence electrons. The molecule has 0 saturated carbocycles. The Kier molecular flexibility index (Phi) is 36.8. The summed E-state index contributed by atoms with van der Waals surface area (Å²) in [7, 11) is -4.76. The van der Waals surface area contributed by atoms with Crippen LogP contribution in [0.3, 0.4) is 0 Å². The number of hydrogen-bond donors (Lipinski definition) is 2. The van der Waals surface area contributed by atoms with E-state index in [2.05, 4.69) is 66.6 Å². The van der Waals surface area contributed by atoms with Gasteiger partial charge in [-0.25, -0.2) is 4.57 Å². The standard InChI is InChI=1S/C43H75O8P/c1-3-5-7-9-11-13-15-17-19-20-21-22-24-26-28-30-32-34-36-38-43(45)51-41(40-50-52(46,47)48)39-49-42(44)37-35-33-31-29-27-25-23-18-16-14-12-10-8-6-4-2/h4,11,13,17,19,21-22,26,28,41H,2-3,5-10,12,14-16,18,20,23-25,27,29-40H2,1H3,(H2,46,47,48)/b13-11+,19-17+,22-21+,28-26+/t41-/m1/s1. The molecule has 0 aromatic carbocycles. The van der Waals surface area contributed by atoms with Gasteiger partial charge in [0.05, 0.1) is 6.61 Å². The molecule has 0 aromatic rings. The third-order valence-corrected chi connectivity index (χ3v) is 9.14. The number of carbonyl (C=O) groups excluding carboxylic acids is 2. The van der Waals surface area contributed by atoms with Gasteiger partial charge in [-0.2, -0.15) is 0 Å². The molecule has 0 heterocycles. The highest BCUT2D eigenvalue weighted by atomic mass is 31.2. The lowest BCUT2D eigenvalue weighted by Crippen LogP contribution is -2.29. The van der Waals surface area contributed by atoms with Crippen LogP contribution in [0.15, 0.2) is 61.3 Å². The van der Waals surface area contributed by atoms with Crippen molar-refractivity contribution in [1.29, 1.82) is 0 Å². The second-order valence-corrected chi connectivity index (χ2v) is 14.9. The average Bonchev–Trinajstić information content (AvgIpc) is 3.11. The van der Waals surface area contributed by atoms with E-state index in [1.165, 1.54) is 89.9 Å². The van der Waals surface area contributed by atoms with Crippen LogP contribution < -0.4 is 0 Å². The summed E-state index contributed by atoms with van der Waals surface area (Å²) in [4.78, 5) is 42.8. The normalized spacial score (nSPS) is 12.8. The maximum atomic E-state index is 12.4. The van der Waals surface area contributed by atoms with Crippen LogP contribution >= 0.6 is 7.82 Å². The molecule has 0 aromatic heterocycles. The Hall–Kier alpha value is -2.25. The number of carbonyl (C=O) groups is 2. The molecule has 8 nitrogen and oxygen atoms in total. The van der Waals surface area contributed by atoms with E-state index in [0.717, 1.165) is 64.2 Å². The monoisotopic (exact) mass is 751 g/mol. The van der Waals surface area contributed by atoms with E-state index in [4.69, 9.17) is 19.3 Å². The van der Waals surface area contributed by atoms with Crippen molar-refractivity contribution >= 4 is 19.8 Å². The number of allylic oxidation sites excluding steroid dienone is 9. The first kappa shape index (κ1) is 49.8. The molecule has 9 heteroatoms. The lowest BCUT2D eigenvalue weighted by atomic mass is 10.0. The summed E-state index contributed by atoms with van der Waals surface area (Å²) in [5.41, 5.74) is 0. The minimum absolute atomic E-state index is 0.172. The maximum absolute atomic E-state index is 12.4. The van der Waals surface area contributed by atoms with Crippen molar-refractivity contribution in [2.75, 3.05) is 13.2 Å². The Morgan fingerprint density at radius 1 is 0.558 bits per heavy atom. The number of ether oxygens (including phenoxy) is 2. The first-order chi connectivity index (χ1) is 25.3. The van der Waals surface area contributed by atoms with Crippen LogP contribution in [0, 0.1) is 0 Å². The summed E-state index contributed by atoms with van der Waals surface area (Å²) in [6.45, 7) is 5.14. The van der Waals surface area contributed by atoms with Crippen molar-refractivity contribution in [1.82, 2.24) is 0 Å². The minimum atomic E-state index is -4.76. The molecule has 0 spiro atoms. The van der Waals surface area contributed by atoms with Crippen LogP contribution in [0.1, 0.15) is 180 Å². The van der Waals surface area contributed by atoms with Gasteiger partial charge >= 0.3 is 19.8 Å². The smallest absolute Gasteiger partial charge is 0.462 e. The Labute approximate surface area is 317 Å². The van der Waals surface area contributed by atoms with Crippen LogP contribution in [-0.2, 0) is 28.2 Å². The van der Waals surface area contributed by atoms with E-state index in [-0.39, 0.29) is 19.4 Å². The summed E-state index contributed by atoms with van der Waals surface area (Å²) >= 11 is 0. The van der Waals surface area contributed by atoms with Crippen LogP contribution in [0.4, 0.5) is 0 Å². The summed E-state index contributed by atoms with van der Waals surface area (Å²) in [6, 6.07) is 0. The van der Waals surface area contributed by atoms with E-state index in [0.29, 0.717) is 6.42 Å². The van der Waals surface area contributed by atoms with E-state index < -0.39 is 32.5 Å². The van der Waals surface area contributed by atoms with Gasteiger partial charge in [0.1, 0.15) is 6.61 Å². The van der Waals surface area contributed by atoms with Gasteiger partial charge in [-0.05, 0) is 70.6 Å². The van der Waals surface area contributed by atoms with Crippen molar-refractivity contribution in [3.05, 3.63) is 61.3 Å². The number of unbranched alkanes of at least 4 members (excludes halogenated alkanes) is 19. The molecule has 52 heavy (non-hydrogen) atoms. The third kappa shape index (κ3) is 40.5. The molecule has 0 aliphatic rings. The molecular weight excluding hydrogens is 675 g/mol. The van der Waals surface area contributed by atoms with E-state index in [9.17, 15) is 14.2 Å². The molecule has 0 aliphatic heterocycles. The van der Waals surface area contributed by atoms with Crippen molar-refractivity contribution in [3.63, 3.8) is 0 Å². The van der Waals surface area contributed by atoms with Gasteiger partial charge in [-0.1, -0.05) is 151 Å². The molecule has 0 saturated heterocycles. The fourth-order valence-corrected chi connectivity index (χ4v) is 5.93. The van der Waals surface area contributed by atoms with Crippen molar-refractivity contribution in [2.24, 2.45) is 0 Å². The lowest BCUT2D eigenvalue weighted by Gasteiger charge is -2.18. The van der Waals surface area contributed by atoms with Gasteiger partial charge in [-0.15, -0.1) is 6.58 Å². The van der Waals surface area contributed by atoms with Crippen molar-refractivity contribution in [3.8, 4) is 0 Å². The molecule has 0 unspecified atom stereocenters. The largest absolute Gasteiger partial charge is 0.469 e. The van der Waals surface area contributed by atoms with Crippen LogP contribution in [0.25, 0.3) is 0 Å². The quantitative estimate of drug-likeness (QED) is 0.0277. The Morgan fingerprint density at radius 2 is 0.962 bits per heavy atom. The fraction of sp³-hybridized carbons (Fsp3) is 0.721. The van der Waals surface area contributed by atoms with Crippen LogP contribution in [0.2, 0.25) is 0 Å². The summed E-state index contributed by atoms with van der Waals surface area (Å²) in [6.07, 6.45) is 46.9. The summed E-state index contributed by atoms with van der Waals surface area (Å²) < 4.78 is 26.3. The number of rotatable bonds is 38. The lowest BCUT2D eigenvalue weighted by molar-refractivity contribution is -0.161. The molecule has 0 aliphatic carbocycles. The second-order valence-electron chi connectivity index (χ2n) is 13.7. The van der Waals surface area contributed by atoms with E-state index >= 15 is 0 Å². The highest BCUT2D eigenvalue weighted by molar-refractivity contribution is 7.46. The number of esters is 2. The topological polar surface area (TPSA) is 119 Å². The first-order valence-corrected chi connectivity index (χ1v) is 22.1. The molecular formula is C43H75O8P. The molecule has 0 radical (unpaired) electrons. The third-order valence-electron chi connectivity index (χ3n) is 8.66. The predicted octanol–water partition coefficient (Wildman–Crippen LogP) is 12.5. The average molecular weight is 751 g/mol. The number of hydrogen-bond acceptors (Lipinski definition) is 6. The molecule has 1 atom stereocenters. The molecule has 2 N–H and O–H groups in total. The first-order valence-electron chi connectivity index (χ1n) is 20.5. The zero-order valence-corrected chi connectivity index (χ0v) is 33.7. The fourth-order valence-electron chi connectivity index (χ4n) is 5.57. The highest BCUT2D eigenvalue weighted by Gasteiger charge is 2.22. The minimum Gasteiger partial charge on any atom is -0.462 e. The summed E-state index contributed by atoms with van der Waals surface area (Å²) in [5, 5.41) is 0. The molecule has 0 fully saturated rings. The van der Waals surface area contributed by atoms with Gasteiger partial charge in [0.15, 0.2) is 6.10 Å². The zero-order valence-electron chi connectivity index (χ0n) is 32.8. The zero-order chi connectivity index (χ0) is 38.2. The van der Waals surface area contributed by atoms with E-state index in [1.54, 1.807) is 0 Å². The summed E-state index contributed by atoms with van der Waals surface area (Å²) in [5.74, 6) is -0.925. The maximum Gasteiger partial charge on any atom is 0.469 e. The predicted molar refractivity (Wildman–Crippen MR) is 216 cm³/mol. The molecule has 0 rings (SSSR count). The highest BCUT2D eigenvalue weighted by Crippen LogP contribution is 2.36. The van der Waals surface area contributed by atoms with Crippen molar-refractivity contribution < 1.29 is 37.9 Å². The Bertz CT molecular complexity index is 1010. The van der Waals surface area contributed by atoms with Crippen LogP contribution in [-0.4, -0.2) is 41.0 Å². The van der Waals surface area contributed by atoms with E-state index in [1.807, 2.05) is 6.08 Å². The van der Waals surface area contributed by atoms with Crippen LogP contribution in [0.5, 0.6) is 0 Å². The van der Waals surface area contributed by atoms with Gasteiger partial charge in [0, 0.05) is 12.8 Å². The molecule has 0 amide bonds. The molecule has 0 bridgehead atoms. The van der Waals surface area contributed by atoms with Crippen molar-refractivity contribution in [2.45, 2.75) is 186 Å². The van der Waals surface area contributed by atoms with Gasteiger partial charge in [0.2, 0.25) is 0 Å². The SMILES string of the molecule is C=CCCCCCCCCCCCCCCCC(=O)OC[C@H](COP(=O)(O)O)OC(=O)CCCCC/C=C/C/C=C/C/C=C/C/C=C/CCCCC. The van der Waals surface area contributed by atoms with Gasteiger partial charge in [0.25, 0.3) is 0 Å². The van der Waals surface area contributed by atoms with Gasteiger partial charge < -0.3 is 19.3 Å². The van der Waals surface area contributed by atoms with Gasteiger partial charge in [-0.3, -0.25) is 14.1 Å².